The van der Waals surface area contributed by atoms with E-state index in [1.807, 2.05) is 6.92 Å². The summed E-state index contributed by atoms with van der Waals surface area (Å²) >= 11 is 0. The van der Waals surface area contributed by atoms with E-state index in [4.69, 9.17) is 0 Å². The highest BCUT2D eigenvalue weighted by Crippen LogP contribution is 2.17. The lowest BCUT2D eigenvalue weighted by atomic mass is 10.3. The quantitative estimate of drug-likeness (QED) is 0.752. The highest BCUT2D eigenvalue weighted by Gasteiger charge is 2.09. The van der Waals surface area contributed by atoms with E-state index >= 15 is 0 Å². The van der Waals surface area contributed by atoms with Gasteiger partial charge in [-0.05, 0) is 13.3 Å². The van der Waals surface area contributed by atoms with Gasteiger partial charge < -0.3 is 10.6 Å². The molecule has 0 aliphatic heterocycles. The average molecular weight is 286 g/mol. The van der Waals surface area contributed by atoms with Gasteiger partial charge in [0.15, 0.2) is 9.84 Å². The first-order valence-corrected chi connectivity index (χ1v) is 8.32. The van der Waals surface area contributed by atoms with Crippen molar-refractivity contribution in [3.8, 4) is 0 Å². The molecule has 0 amide bonds. The number of hydrogen-bond acceptors (Lipinski definition) is 6. The van der Waals surface area contributed by atoms with Crippen molar-refractivity contribution in [2.24, 2.45) is 0 Å². The van der Waals surface area contributed by atoms with E-state index in [1.165, 1.54) is 6.33 Å². The maximum atomic E-state index is 11.4. The molecule has 0 radical (unpaired) electrons. The van der Waals surface area contributed by atoms with Crippen molar-refractivity contribution in [3.05, 3.63) is 11.9 Å². The van der Waals surface area contributed by atoms with E-state index in [2.05, 4.69) is 27.5 Å². The van der Waals surface area contributed by atoms with Crippen LogP contribution in [-0.4, -0.2) is 43.0 Å². The largest absolute Gasteiger partial charge is 0.370 e. The molecule has 1 heterocycles. The molecule has 0 unspecified atom stereocenters. The van der Waals surface area contributed by atoms with Crippen molar-refractivity contribution < 1.29 is 8.42 Å². The number of anilines is 2. The lowest BCUT2D eigenvalue weighted by Crippen LogP contribution is -2.18. The molecule has 0 saturated carbocycles. The third kappa shape index (κ3) is 5.02. The molecule has 0 saturated heterocycles. The molecule has 1 aromatic heterocycles. The van der Waals surface area contributed by atoms with Gasteiger partial charge in [0.05, 0.1) is 5.75 Å². The maximum absolute atomic E-state index is 11.4. The second-order valence-electron chi connectivity index (χ2n) is 4.29. The summed E-state index contributed by atoms with van der Waals surface area (Å²) in [6.07, 6.45) is 2.49. The normalized spacial score (nSPS) is 11.3. The number of aromatic nitrogens is 2. The molecule has 1 aromatic rings. The van der Waals surface area contributed by atoms with Gasteiger partial charge in [-0.2, -0.15) is 0 Å². The van der Waals surface area contributed by atoms with Gasteiger partial charge in [0, 0.05) is 24.4 Å². The van der Waals surface area contributed by atoms with Crippen molar-refractivity contribution >= 4 is 21.5 Å². The summed E-state index contributed by atoms with van der Waals surface area (Å²) in [4.78, 5) is 8.30. The third-order valence-electron chi connectivity index (χ3n) is 2.77. The first-order chi connectivity index (χ1) is 9.00. The molecular weight excluding hydrogens is 264 g/mol. The van der Waals surface area contributed by atoms with Crippen molar-refractivity contribution in [3.63, 3.8) is 0 Å². The summed E-state index contributed by atoms with van der Waals surface area (Å²) < 4.78 is 22.8. The molecule has 108 valence electrons. The molecule has 0 spiro atoms. The van der Waals surface area contributed by atoms with E-state index in [0.29, 0.717) is 12.4 Å². The Morgan fingerprint density at radius 3 is 2.21 bits per heavy atom. The minimum atomic E-state index is -2.95. The van der Waals surface area contributed by atoms with Crippen LogP contribution in [0.2, 0.25) is 0 Å². The Hall–Kier alpha value is -1.37. The fourth-order valence-corrected chi connectivity index (χ4v) is 2.22. The first-order valence-electron chi connectivity index (χ1n) is 6.50. The third-order valence-corrected chi connectivity index (χ3v) is 4.48. The van der Waals surface area contributed by atoms with E-state index in [9.17, 15) is 8.42 Å². The average Bonchev–Trinajstić information content (AvgIpc) is 2.39. The van der Waals surface area contributed by atoms with E-state index < -0.39 is 9.84 Å². The van der Waals surface area contributed by atoms with Crippen molar-refractivity contribution in [1.29, 1.82) is 0 Å². The van der Waals surface area contributed by atoms with Gasteiger partial charge in [-0.3, -0.25) is 0 Å². The van der Waals surface area contributed by atoms with Crippen LogP contribution in [0.4, 0.5) is 11.6 Å². The lowest BCUT2D eigenvalue weighted by Gasteiger charge is -2.12. The van der Waals surface area contributed by atoms with Crippen molar-refractivity contribution in [1.82, 2.24) is 9.97 Å². The van der Waals surface area contributed by atoms with Crippen LogP contribution in [0.25, 0.3) is 0 Å². The van der Waals surface area contributed by atoms with Crippen LogP contribution in [0.1, 0.15) is 25.8 Å². The summed E-state index contributed by atoms with van der Waals surface area (Å²) in [5.41, 5.74) is 0.907. The van der Waals surface area contributed by atoms with Gasteiger partial charge in [0.2, 0.25) is 0 Å². The Balaban J connectivity index is 2.64. The SMILES string of the molecule is CCCNc1ncnc(NCCS(=O)(=O)CC)c1C. The summed E-state index contributed by atoms with van der Waals surface area (Å²) in [6.45, 7) is 6.85. The Kier molecular flexibility index (Phi) is 6.01. The summed E-state index contributed by atoms with van der Waals surface area (Å²) in [6, 6.07) is 0. The van der Waals surface area contributed by atoms with Crippen molar-refractivity contribution in [2.45, 2.75) is 27.2 Å². The maximum Gasteiger partial charge on any atom is 0.151 e. The predicted molar refractivity (Wildman–Crippen MR) is 78.4 cm³/mol. The number of sulfone groups is 1. The molecule has 7 heteroatoms. The van der Waals surface area contributed by atoms with Crippen LogP contribution >= 0.6 is 0 Å². The predicted octanol–water partition coefficient (Wildman–Crippen LogP) is 1.45. The fourth-order valence-electron chi connectivity index (χ4n) is 1.52. The zero-order valence-corrected chi connectivity index (χ0v) is 12.5. The van der Waals surface area contributed by atoms with Crippen molar-refractivity contribution in [2.75, 3.05) is 35.2 Å². The standard InChI is InChI=1S/C12H22N4O2S/c1-4-6-13-11-10(3)12(16-9-15-11)14-7-8-19(17,18)5-2/h9H,4-8H2,1-3H3,(H2,13,14,15,16). The second-order valence-corrected chi connectivity index (χ2v) is 6.76. The molecule has 2 N–H and O–H groups in total. The number of nitrogens with zero attached hydrogens (tertiary/aromatic N) is 2. The molecule has 0 fully saturated rings. The van der Waals surface area contributed by atoms with E-state index in [0.717, 1.165) is 24.3 Å². The zero-order valence-electron chi connectivity index (χ0n) is 11.7. The van der Waals surface area contributed by atoms with Crippen LogP contribution in [0, 0.1) is 6.92 Å². The molecule has 0 aliphatic rings. The molecule has 0 bridgehead atoms. The molecule has 1 rings (SSSR count). The van der Waals surface area contributed by atoms with Crippen LogP contribution in [0.3, 0.4) is 0 Å². The fraction of sp³-hybridized carbons (Fsp3) is 0.667. The number of rotatable bonds is 8. The Morgan fingerprint density at radius 1 is 1.11 bits per heavy atom. The summed E-state index contributed by atoms with van der Waals surface area (Å²) in [5, 5.41) is 6.26. The molecular formula is C12H22N4O2S. The number of hydrogen-bond donors (Lipinski definition) is 2. The second kappa shape index (κ2) is 7.28. The van der Waals surface area contributed by atoms with Gasteiger partial charge in [-0.15, -0.1) is 0 Å². The van der Waals surface area contributed by atoms with Crippen LogP contribution < -0.4 is 10.6 Å². The topological polar surface area (TPSA) is 84.0 Å². The highest BCUT2D eigenvalue weighted by molar-refractivity contribution is 7.91. The Labute approximate surface area is 115 Å². The molecule has 0 atom stereocenters. The molecule has 6 nitrogen and oxygen atoms in total. The van der Waals surface area contributed by atoms with Gasteiger partial charge in [-0.25, -0.2) is 18.4 Å². The van der Waals surface area contributed by atoms with Gasteiger partial charge in [-0.1, -0.05) is 13.8 Å². The minimum Gasteiger partial charge on any atom is -0.370 e. The Bertz CT molecular complexity index is 502. The Morgan fingerprint density at radius 2 is 1.68 bits per heavy atom. The minimum absolute atomic E-state index is 0.116. The van der Waals surface area contributed by atoms with Gasteiger partial charge >= 0.3 is 0 Å². The van der Waals surface area contributed by atoms with Crippen LogP contribution in [0.15, 0.2) is 6.33 Å². The van der Waals surface area contributed by atoms with E-state index in [1.54, 1.807) is 6.92 Å². The zero-order chi connectivity index (χ0) is 14.3. The molecule has 0 aliphatic carbocycles. The van der Waals surface area contributed by atoms with E-state index in [-0.39, 0.29) is 11.5 Å². The van der Waals surface area contributed by atoms with Crippen LogP contribution in [0.5, 0.6) is 0 Å². The van der Waals surface area contributed by atoms with Gasteiger partial charge in [0.1, 0.15) is 18.0 Å². The van der Waals surface area contributed by atoms with Gasteiger partial charge in [0.25, 0.3) is 0 Å². The smallest absolute Gasteiger partial charge is 0.151 e. The monoisotopic (exact) mass is 286 g/mol. The highest BCUT2D eigenvalue weighted by atomic mass is 32.2. The number of nitrogens with one attached hydrogen (secondary N) is 2. The molecule has 19 heavy (non-hydrogen) atoms. The van der Waals surface area contributed by atoms with Crippen LogP contribution in [-0.2, 0) is 9.84 Å². The summed E-state index contributed by atoms with van der Waals surface area (Å²) in [5.74, 6) is 1.75. The summed E-state index contributed by atoms with van der Waals surface area (Å²) in [7, 11) is -2.95. The molecule has 0 aromatic carbocycles. The first kappa shape index (κ1) is 15.7. The lowest BCUT2D eigenvalue weighted by molar-refractivity contribution is 0.597.